The Hall–Kier alpha value is -0.130. The zero-order valence-electron chi connectivity index (χ0n) is 8.57. The van der Waals surface area contributed by atoms with Gasteiger partial charge in [-0.25, -0.2) is 8.42 Å². The van der Waals surface area contributed by atoms with E-state index in [0.717, 1.165) is 32.5 Å². The Labute approximate surface area is 85.7 Å². The maximum absolute atomic E-state index is 11.7. The molecule has 82 valence electrons. The minimum Gasteiger partial charge on any atom is -0.315 e. The second-order valence-corrected chi connectivity index (χ2v) is 6.36. The van der Waals surface area contributed by atoms with Crippen LogP contribution in [0.5, 0.6) is 0 Å². The Kier molecular flexibility index (Phi) is 2.81. The molecule has 2 saturated heterocycles. The maximum atomic E-state index is 11.7. The zero-order valence-corrected chi connectivity index (χ0v) is 9.39. The highest BCUT2D eigenvalue weighted by molar-refractivity contribution is 7.89. The summed E-state index contributed by atoms with van der Waals surface area (Å²) < 4.78 is 25.1. The molecule has 0 radical (unpaired) electrons. The molecule has 0 aliphatic carbocycles. The van der Waals surface area contributed by atoms with Crippen molar-refractivity contribution in [2.45, 2.75) is 25.8 Å². The van der Waals surface area contributed by atoms with E-state index in [1.165, 1.54) is 0 Å². The molecule has 2 aliphatic rings. The minimum absolute atomic E-state index is 0.191. The number of rotatable bonds is 1. The fourth-order valence-electron chi connectivity index (χ4n) is 2.39. The molecule has 1 N–H and O–H groups in total. The maximum Gasteiger partial charge on any atom is 0.214 e. The molecule has 0 saturated carbocycles. The normalized spacial score (nSPS) is 38.6. The quantitative estimate of drug-likeness (QED) is 0.675. The number of nitrogens with zero attached hydrogens (tertiary/aromatic N) is 1. The third-order valence-corrected chi connectivity index (χ3v) is 5.27. The first-order valence-corrected chi connectivity index (χ1v) is 6.92. The van der Waals surface area contributed by atoms with Gasteiger partial charge in [-0.2, -0.15) is 4.31 Å². The second-order valence-electron chi connectivity index (χ2n) is 4.32. The molecular formula is C9H18N2O2S. The molecule has 4 nitrogen and oxygen atoms in total. The summed E-state index contributed by atoms with van der Waals surface area (Å²) in [4.78, 5) is 0. The molecule has 2 unspecified atom stereocenters. The van der Waals surface area contributed by atoms with Crippen LogP contribution in [0.1, 0.15) is 19.8 Å². The van der Waals surface area contributed by atoms with Gasteiger partial charge in [-0.15, -0.1) is 0 Å². The van der Waals surface area contributed by atoms with Gasteiger partial charge in [0.15, 0.2) is 0 Å². The van der Waals surface area contributed by atoms with Gasteiger partial charge in [-0.05, 0) is 25.3 Å². The number of piperidine rings is 1. The molecule has 2 atom stereocenters. The summed E-state index contributed by atoms with van der Waals surface area (Å²) in [6, 6.07) is 0.191. The van der Waals surface area contributed by atoms with E-state index in [2.05, 4.69) is 12.2 Å². The number of hydrogen-bond donors (Lipinski definition) is 1. The molecule has 0 spiro atoms. The van der Waals surface area contributed by atoms with E-state index in [1.54, 1.807) is 4.31 Å². The summed E-state index contributed by atoms with van der Waals surface area (Å²) in [6.45, 7) is 4.71. The van der Waals surface area contributed by atoms with E-state index in [9.17, 15) is 8.42 Å². The SMILES string of the molecule is CC1CCNCC1N1CCCS1(=O)=O. The summed E-state index contributed by atoms with van der Waals surface area (Å²) in [5.74, 6) is 0.833. The van der Waals surface area contributed by atoms with E-state index in [0.29, 0.717) is 11.7 Å². The van der Waals surface area contributed by atoms with Crippen molar-refractivity contribution in [2.24, 2.45) is 5.92 Å². The molecule has 0 aromatic rings. The standard InChI is InChI=1S/C9H18N2O2S/c1-8-3-4-10-7-9(8)11-5-2-6-14(11,12)13/h8-10H,2-7H2,1H3. The molecule has 0 bridgehead atoms. The van der Waals surface area contributed by atoms with Gasteiger partial charge in [0, 0.05) is 19.1 Å². The van der Waals surface area contributed by atoms with Crippen molar-refractivity contribution in [3.63, 3.8) is 0 Å². The van der Waals surface area contributed by atoms with Crippen LogP contribution in [0, 0.1) is 5.92 Å². The van der Waals surface area contributed by atoms with E-state index in [-0.39, 0.29) is 6.04 Å². The van der Waals surface area contributed by atoms with Crippen molar-refractivity contribution in [2.75, 3.05) is 25.4 Å². The highest BCUT2D eigenvalue weighted by Crippen LogP contribution is 2.24. The lowest BCUT2D eigenvalue weighted by Gasteiger charge is -2.35. The van der Waals surface area contributed by atoms with Crippen LogP contribution in [0.4, 0.5) is 0 Å². The van der Waals surface area contributed by atoms with Gasteiger partial charge in [0.1, 0.15) is 0 Å². The van der Waals surface area contributed by atoms with Gasteiger partial charge in [-0.1, -0.05) is 6.92 Å². The monoisotopic (exact) mass is 218 g/mol. The zero-order chi connectivity index (χ0) is 10.2. The predicted molar refractivity (Wildman–Crippen MR) is 55.5 cm³/mol. The van der Waals surface area contributed by atoms with Gasteiger partial charge in [0.05, 0.1) is 5.75 Å². The summed E-state index contributed by atoms with van der Waals surface area (Å²) in [7, 11) is -2.93. The van der Waals surface area contributed by atoms with Gasteiger partial charge < -0.3 is 5.32 Å². The fourth-order valence-corrected chi connectivity index (χ4v) is 4.22. The average molecular weight is 218 g/mol. The van der Waals surface area contributed by atoms with Crippen LogP contribution >= 0.6 is 0 Å². The highest BCUT2D eigenvalue weighted by atomic mass is 32.2. The lowest BCUT2D eigenvalue weighted by Crippen LogP contribution is -2.50. The van der Waals surface area contributed by atoms with Crippen LogP contribution in [-0.2, 0) is 10.0 Å². The third kappa shape index (κ3) is 1.81. The summed E-state index contributed by atoms with van der Waals surface area (Å²) in [6.07, 6.45) is 1.88. The van der Waals surface area contributed by atoms with Crippen molar-refractivity contribution in [1.82, 2.24) is 9.62 Å². The molecule has 0 amide bonds. The first-order valence-electron chi connectivity index (χ1n) is 5.31. The Bertz CT molecular complexity index is 302. The van der Waals surface area contributed by atoms with Crippen molar-refractivity contribution in [1.29, 1.82) is 0 Å². The third-order valence-electron chi connectivity index (χ3n) is 3.29. The van der Waals surface area contributed by atoms with Gasteiger partial charge in [0.2, 0.25) is 10.0 Å². The molecule has 2 heterocycles. The molecule has 0 aromatic carbocycles. The van der Waals surface area contributed by atoms with E-state index < -0.39 is 10.0 Å². The summed E-state index contributed by atoms with van der Waals surface area (Å²) in [5, 5.41) is 3.27. The van der Waals surface area contributed by atoms with Crippen molar-refractivity contribution >= 4 is 10.0 Å². The van der Waals surface area contributed by atoms with Crippen LogP contribution in [-0.4, -0.2) is 44.2 Å². The number of nitrogens with one attached hydrogen (secondary N) is 1. The number of sulfonamides is 1. The predicted octanol–water partition coefficient (Wildman–Crippen LogP) is 0.0199. The van der Waals surface area contributed by atoms with Crippen LogP contribution in [0.3, 0.4) is 0 Å². The van der Waals surface area contributed by atoms with Crippen molar-refractivity contribution < 1.29 is 8.42 Å². The van der Waals surface area contributed by atoms with Crippen LogP contribution in [0.2, 0.25) is 0 Å². The van der Waals surface area contributed by atoms with Gasteiger partial charge in [-0.3, -0.25) is 0 Å². The lowest BCUT2D eigenvalue weighted by atomic mass is 9.95. The summed E-state index contributed by atoms with van der Waals surface area (Å²) >= 11 is 0. The van der Waals surface area contributed by atoms with Crippen LogP contribution in [0.25, 0.3) is 0 Å². The summed E-state index contributed by atoms with van der Waals surface area (Å²) in [5.41, 5.74) is 0. The molecule has 2 fully saturated rings. The second kappa shape index (κ2) is 3.79. The first-order chi connectivity index (χ1) is 6.61. The fraction of sp³-hybridized carbons (Fsp3) is 1.00. The Morgan fingerprint density at radius 1 is 1.43 bits per heavy atom. The van der Waals surface area contributed by atoms with Crippen LogP contribution in [0.15, 0.2) is 0 Å². The molecule has 0 aromatic heterocycles. The van der Waals surface area contributed by atoms with Gasteiger partial charge in [0.25, 0.3) is 0 Å². The Balaban J connectivity index is 2.13. The lowest BCUT2D eigenvalue weighted by molar-refractivity contribution is 0.213. The van der Waals surface area contributed by atoms with Crippen molar-refractivity contribution in [3.05, 3.63) is 0 Å². The van der Waals surface area contributed by atoms with Gasteiger partial charge >= 0.3 is 0 Å². The Morgan fingerprint density at radius 2 is 2.21 bits per heavy atom. The van der Waals surface area contributed by atoms with E-state index in [1.807, 2.05) is 0 Å². The highest BCUT2D eigenvalue weighted by Gasteiger charge is 2.37. The average Bonchev–Trinajstić information content (AvgIpc) is 2.46. The smallest absolute Gasteiger partial charge is 0.214 e. The Morgan fingerprint density at radius 3 is 2.79 bits per heavy atom. The minimum atomic E-state index is -2.93. The van der Waals surface area contributed by atoms with Crippen molar-refractivity contribution in [3.8, 4) is 0 Å². The molecule has 14 heavy (non-hydrogen) atoms. The molecule has 2 rings (SSSR count). The molecule has 5 heteroatoms. The van der Waals surface area contributed by atoms with E-state index >= 15 is 0 Å². The number of hydrogen-bond acceptors (Lipinski definition) is 3. The molecular weight excluding hydrogens is 200 g/mol. The largest absolute Gasteiger partial charge is 0.315 e. The molecule has 2 aliphatic heterocycles. The first kappa shape index (κ1) is 10.4. The van der Waals surface area contributed by atoms with E-state index in [4.69, 9.17) is 0 Å². The topological polar surface area (TPSA) is 49.4 Å². The van der Waals surface area contributed by atoms with Crippen LogP contribution < -0.4 is 5.32 Å².